The lowest BCUT2D eigenvalue weighted by atomic mass is 10.0. The minimum atomic E-state index is -0.251. The van der Waals surface area contributed by atoms with Crippen molar-refractivity contribution in [2.45, 2.75) is 25.9 Å². The second kappa shape index (κ2) is 9.28. The summed E-state index contributed by atoms with van der Waals surface area (Å²) < 4.78 is 10.2. The number of hydrogen-bond donors (Lipinski definition) is 0. The third kappa shape index (κ3) is 6.72. The van der Waals surface area contributed by atoms with Gasteiger partial charge in [0.1, 0.15) is 6.29 Å². The van der Waals surface area contributed by atoms with Crippen LogP contribution in [0.25, 0.3) is 0 Å². The summed E-state index contributed by atoms with van der Waals surface area (Å²) in [6.45, 7) is 0.999. The lowest BCUT2D eigenvalue weighted by Gasteiger charge is -2.13. The average Bonchev–Trinajstić information content (AvgIpc) is 2.45. The van der Waals surface area contributed by atoms with E-state index >= 15 is 0 Å². The first kappa shape index (κ1) is 15.4. The highest BCUT2D eigenvalue weighted by molar-refractivity contribution is 5.69. The van der Waals surface area contributed by atoms with Gasteiger partial charge in [0.25, 0.3) is 0 Å². The van der Waals surface area contributed by atoms with E-state index in [1.807, 2.05) is 30.3 Å². The van der Waals surface area contributed by atoms with Gasteiger partial charge in [0.15, 0.2) is 0 Å². The summed E-state index contributed by atoms with van der Waals surface area (Å²) in [5.74, 6) is -0.181. The van der Waals surface area contributed by atoms with E-state index in [1.54, 1.807) is 0 Å². The molecular formula is C15H20O4. The fourth-order valence-electron chi connectivity index (χ4n) is 1.75. The van der Waals surface area contributed by atoms with Crippen molar-refractivity contribution in [3.63, 3.8) is 0 Å². The Bertz CT molecular complexity index is 375. The molecule has 0 radical (unpaired) electrons. The molecule has 1 atom stereocenters. The van der Waals surface area contributed by atoms with Crippen LogP contribution in [0.15, 0.2) is 30.3 Å². The molecule has 0 aliphatic rings. The van der Waals surface area contributed by atoms with Gasteiger partial charge >= 0.3 is 5.97 Å². The van der Waals surface area contributed by atoms with E-state index in [-0.39, 0.29) is 11.9 Å². The Hall–Kier alpha value is -1.68. The van der Waals surface area contributed by atoms with Gasteiger partial charge < -0.3 is 14.3 Å². The number of benzene rings is 1. The van der Waals surface area contributed by atoms with E-state index in [0.717, 1.165) is 11.8 Å². The van der Waals surface area contributed by atoms with Crippen LogP contribution in [0.1, 0.15) is 24.8 Å². The quantitative estimate of drug-likeness (QED) is 0.507. The molecule has 0 saturated heterocycles. The van der Waals surface area contributed by atoms with Crippen LogP contribution in [-0.2, 0) is 25.7 Å². The Balaban J connectivity index is 2.28. The predicted octanol–water partition coefficient (Wildman–Crippen LogP) is 2.36. The Labute approximate surface area is 113 Å². The summed E-state index contributed by atoms with van der Waals surface area (Å²) in [6, 6.07) is 9.85. The molecule has 0 amide bonds. The molecule has 0 aliphatic carbocycles. The summed E-state index contributed by atoms with van der Waals surface area (Å²) in [4.78, 5) is 21.7. The minimum absolute atomic E-state index is 0.0697. The third-order valence-electron chi connectivity index (χ3n) is 2.88. The van der Waals surface area contributed by atoms with Gasteiger partial charge in [-0.3, -0.25) is 4.79 Å². The molecule has 0 saturated carbocycles. The highest BCUT2D eigenvalue weighted by atomic mass is 16.5. The molecule has 4 nitrogen and oxygen atoms in total. The lowest BCUT2D eigenvalue weighted by Crippen LogP contribution is -2.13. The number of rotatable bonds is 9. The van der Waals surface area contributed by atoms with E-state index < -0.39 is 0 Å². The van der Waals surface area contributed by atoms with Crippen LogP contribution >= 0.6 is 0 Å². The Morgan fingerprint density at radius 2 is 2.05 bits per heavy atom. The van der Waals surface area contributed by atoms with Crippen molar-refractivity contribution in [3.05, 3.63) is 35.9 Å². The maximum absolute atomic E-state index is 11.1. The molecule has 1 aromatic carbocycles. The molecule has 0 bridgehead atoms. The molecule has 0 spiro atoms. The number of esters is 1. The molecule has 1 unspecified atom stereocenters. The Morgan fingerprint density at radius 1 is 1.32 bits per heavy atom. The molecule has 0 aliphatic heterocycles. The summed E-state index contributed by atoms with van der Waals surface area (Å²) >= 11 is 0. The molecule has 1 aromatic rings. The fourth-order valence-corrected chi connectivity index (χ4v) is 1.75. The van der Waals surface area contributed by atoms with Crippen molar-refractivity contribution in [2.24, 2.45) is 5.92 Å². The summed E-state index contributed by atoms with van der Waals surface area (Å²) in [5.41, 5.74) is 1.10. The van der Waals surface area contributed by atoms with E-state index in [9.17, 15) is 9.59 Å². The largest absolute Gasteiger partial charge is 0.469 e. The number of carbonyl (C=O) groups excluding carboxylic acids is 2. The van der Waals surface area contributed by atoms with Gasteiger partial charge in [-0.1, -0.05) is 30.3 Å². The zero-order chi connectivity index (χ0) is 13.9. The normalized spacial score (nSPS) is 11.8. The van der Waals surface area contributed by atoms with Crippen LogP contribution in [0.5, 0.6) is 0 Å². The SMILES string of the molecule is COC(=O)CCC(CC=O)COCc1ccccc1. The van der Waals surface area contributed by atoms with Crippen LogP contribution in [0.3, 0.4) is 0 Å². The number of methoxy groups -OCH3 is 1. The van der Waals surface area contributed by atoms with Crippen molar-refractivity contribution < 1.29 is 19.1 Å². The smallest absolute Gasteiger partial charge is 0.305 e. The topological polar surface area (TPSA) is 52.6 Å². The van der Waals surface area contributed by atoms with Crippen molar-refractivity contribution in [3.8, 4) is 0 Å². The van der Waals surface area contributed by atoms with Crippen LogP contribution in [0, 0.1) is 5.92 Å². The number of hydrogen-bond acceptors (Lipinski definition) is 4. The van der Waals surface area contributed by atoms with E-state index in [1.165, 1.54) is 7.11 Å². The van der Waals surface area contributed by atoms with Crippen LogP contribution in [0.2, 0.25) is 0 Å². The molecule has 19 heavy (non-hydrogen) atoms. The molecule has 0 fully saturated rings. The second-order valence-electron chi connectivity index (χ2n) is 4.38. The standard InChI is InChI=1S/C15H20O4/c1-18-15(17)8-7-14(9-10-16)12-19-11-13-5-3-2-4-6-13/h2-6,10,14H,7-9,11-12H2,1H3. The van der Waals surface area contributed by atoms with Gasteiger partial charge in [-0.05, 0) is 17.9 Å². The molecule has 0 N–H and O–H groups in total. The summed E-state index contributed by atoms with van der Waals surface area (Å²) in [5, 5.41) is 0. The van der Waals surface area contributed by atoms with E-state index in [2.05, 4.69) is 4.74 Å². The zero-order valence-corrected chi connectivity index (χ0v) is 11.2. The predicted molar refractivity (Wildman–Crippen MR) is 71.5 cm³/mol. The van der Waals surface area contributed by atoms with Gasteiger partial charge in [0.2, 0.25) is 0 Å². The maximum Gasteiger partial charge on any atom is 0.305 e. The zero-order valence-electron chi connectivity index (χ0n) is 11.2. The van der Waals surface area contributed by atoms with Crippen molar-refractivity contribution in [1.82, 2.24) is 0 Å². The Morgan fingerprint density at radius 3 is 2.68 bits per heavy atom. The second-order valence-corrected chi connectivity index (χ2v) is 4.38. The number of ether oxygens (including phenoxy) is 2. The summed E-state index contributed by atoms with van der Waals surface area (Å²) in [6.07, 6.45) is 2.21. The van der Waals surface area contributed by atoms with Gasteiger partial charge in [0.05, 0.1) is 20.3 Å². The molecule has 4 heteroatoms. The fraction of sp³-hybridized carbons (Fsp3) is 0.467. The molecule has 0 heterocycles. The van der Waals surface area contributed by atoms with Gasteiger partial charge in [-0.15, -0.1) is 0 Å². The highest BCUT2D eigenvalue weighted by Gasteiger charge is 2.11. The van der Waals surface area contributed by atoms with E-state index in [0.29, 0.717) is 32.5 Å². The molecule has 104 valence electrons. The molecule has 1 rings (SSSR count). The van der Waals surface area contributed by atoms with Crippen molar-refractivity contribution >= 4 is 12.3 Å². The minimum Gasteiger partial charge on any atom is -0.469 e. The Kier molecular flexibility index (Phi) is 7.51. The van der Waals surface area contributed by atoms with Crippen LogP contribution in [-0.4, -0.2) is 26.0 Å². The monoisotopic (exact) mass is 264 g/mol. The van der Waals surface area contributed by atoms with Crippen molar-refractivity contribution in [2.75, 3.05) is 13.7 Å². The maximum atomic E-state index is 11.1. The first-order valence-corrected chi connectivity index (χ1v) is 6.38. The first-order chi connectivity index (χ1) is 9.26. The van der Waals surface area contributed by atoms with Crippen molar-refractivity contribution in [1.29, 1.82) is 0 Å². The average molecular weight is 264 g/mol. The van der Waals surface area contributed by atoms with Gasteiger partial charge in [0, 0.05) is 12.8 Å². The molecular weight excluding hydrogens is 244 g/mol. The van der Waals surface area contributed by atoms with Crippen LogP contribution in [0.4, 0.5) is 0 Å². The van der Waals surface area contributed by atoms with Gasteiger partial charge in [-0.25, -0.2) is 0 Å². The number of aldehydes is 1. The van der Waals surface area contributed by atoms with Gasteiger partial charge in [-0.2, -0.15) is 0 Å². The van der Waals surface area contributed by atoms with Crippen LogP contribution < -0.4 is 0 Å². The lowest BCUT2D eigenvalue weighted by molar-refractivity contribution is -0.141. The highest BCUT2D eigenvalue weighted by Crippen LogP contribution is 2.12. The number of carbonyl (C=O) groups is 2. The first-order valence-electron chi connectivity index (χ1n) is 6.38. The molecule has 0 aromatic heterocycles. The summed E-state index contributed by atoms with van der Waals surface area (Å²) in [7, 11) is 1.36. The third-order valence-corrected chi connectivity index (χ3v) is 2.88. The van der Waals surface area contributed by atoms with E-state index in [4.69, 9.17) is 4.74 Å².